The molecule has 1 aliphatic carbocycles. The summed E-state index contributed by atoms with van der Waals surface area (Å²) in [4.78, 5) is 12.9. The number of hydrogen-bond acceptors (Lipinski definition) is 3. The van der Waals surface area contributed by atoms with Gasteiger partial charge in [0.15, 0.2) is 0 Å². The Balaban J connectivity index is 2.09. The van der Waals surface area contributed by atoms with Crippen LogP contribution in [0, 0.1) is 0 Å². The molecule has 1 aromatic rings. The van der Waals surface area contributed by atoms with Crippen molar-refractivity contribution in [2.45, 2.75) is 52.2 Å². The summed E-state index contributed by atoms with van der Waals surface area (Å²) in [5.74, 6) is -0.750. The lowest BCUT2D eigenvalue weighted by atomic mass is 10.3. The summed E-state index contributed by atoms with van der Waals surface area (Å²) in [6.45, 7) is 5.80. The predicted molar refractivity (Wildman–Crippen MR) is 68.3 cm³/mol. The van der Waals surface area contributed by atoms with Gasteiger partial charge in [0.25, 0.3) is 0 Å². The van der Waals surface area contributed by atoms with E-state index in [9.17, 15) is 4.79 Å². The fraction of sp³-hybridized carbons (Fsp3) is 0.692. The van der Waals surface area contributed by atoms with Crippen LogP contribution in [0.5, 0.6) is 0 Å². The molecule has 5 heteroatoms. The van der Waals surface area contributed by atoms with E-state index in [1.165, 1.54) is 0 Å². The number of carbonyl (C=O) groups is 1. The first-order valence-electron chi connectivity index (χ1n) is 6.65. The molecule has 0 atom stereocenters. The average molecular weight is 251 g/mol. The summed E-state index contributed by atoms with van der Waals surface area (Å²) < 4.78 is 1.98. The molecule has 1 aliphatic rings. The minimum atomic E-state index is -0.750. The molecule has 0 radical (unpaired) electrons. The first-order valence-corrected chi connectivity index (χ1v) is 6.65. The molecule has 2 rings (SSSR count). The SMILES string of the molecule is CCc1cc(CN(CC(=O)O)C2CC2)n(CC)n1. The second-order valence-electron chi connectivity index (χ2n) is 4.83. The van der Waals surface area contributed by atoms with Crippen molar-refractivity contribution in [1.82, 2.24) is 14.7 Å². The number of rotatable bonds is 7. The zero-order chi connectivity index (χ0) is 13.1. The van der Waals surface area contributed by atoms with E-state index in [-0.39, 0.29) is 6.54 Å². The lowest BCUT2D eigenvalue weighted by Gasteiger charge is -2.19. The minimum absolute atomic E-state index is 0.126. The van der Waals surface area contributed by atoms with Crippen LogP contribution < -0.4 is 0 Å². The van der Waals surface area contributed by atoms with Crippen molar-refractivity contribution in [2.24, 2.45) is 0 Å². The molecule has 1 heterocycles. The Hall–Kier alpha value is -1.36. The summed E-state index contributed by atoms with van der Waals surface area (Å²) in [5.41, 5.74) is 2.21. The number of carboxylic acids is 1. The number of carboxylic acid groups (broad SMARTS) is 1. The highest BCUT2D eigenvalue weighted by molar-refractivity contribution is 5.69. The molecule has 0 saturated heterocycles. The van der Waals surface area contributed by atoms with Crippen molar-refractivity contribution >= 4 is 5.97 Å². The second-order valence-corrected chi connectivity index (χ2v) is 4.83. The maximum Gasteiger partial charge on any atom is 0.317 e. The average Bonchev–Trinajstić information content (AvgIpc) is 3.10. The summed E-state index contributed by atoms with van der Waals surface area (Å²) in [6, 6.07) is 2.55. The van der Waals surface area contributed by atoms with E-state index in [2.05, 4.69) is 25.0 Å². The monoisotopic (exact) mass is 251 g/mol. The maximum atomic E-state index is 10.9. The Morgan fingerprint density at radius 2 is 2.28 bits per heavy atom. The highest BCUT2D eigenvalue weighted by Crippen LogP contribution is 2.28. The van der Waals surface area contributed by atoms with Crippen LogP contribution in [0.3, 0.4) is 0 Å². The molecule has 0 unspecified atom stereocenters. The molecule has 0 spiro atoms. The van der Waals surface area contributed by atoms with Gasteiger partial charge in [0.1, 0.15) is 0 Å². The highest BCUT2D eigenvalue weighted by atomic mass is 16.4. The van der Waals surface area contributed by atoms with Crippen molar-refractivity contribution in [1.29, 1.82) is 0 Å². The van der Waals surface area contributed by atoms with Crippen LogP contribution in [0.2, 0.25) is 0 Å². The Morgan fingerprint density at radius 3 is 2.78 bits per heavy atom. The number of aliphatic carboxylic acids is 1. The van der Waals surface area contributed by atoms with Crippen LogP contribution in [-0.2, 0) is 24.3 Å². The fourth-order valence-corrected chi connectivity index (χ4v) is 2.22. The summed E-state index contributed by atoms with van der Waals surface area (Å²) in [7, 11) is 0. The molecule has 5 nitrogen and oxygen atoms in total. The quantitative estimate of drug-likeness (QED) is 0.798. The van der Waals surface area contributed by atoms with Crippen LogP contribution >= 0.6 is 0 Å². The third kappa shape index (κ3) is 3.10. The zero-order valence-corrected chi connectivity index (χ0v) is 11.1. The number of aryl methyl sites for hydroxylation is 2. The zero-order valence-electron chi connectivity index (χ0n) is 11.1. The molecule has 100 valence electrons. The number of hydrogen-bond donors (Lipinski definition) is 1. The summed E-state index contributed by atoms with van der Waals surface area (Å²) >= 11 is 0. The van der Waals surface area contributed by atoms with E-state index in [1.54, 1.807) is 0 Å². The fourth-order valence-electron chi connectivity index (χ4n) is 2.22. The second kappa shape index (κ2) is 5.52. The third-order valence-electron chi connectivity index (χ3n) is 3.34. The maximum absolute atomic E-state index is 10.9. The molecular formula is C13H21N3O2. The lowest BCUT2D eigenvalue weighted by molar-refractivity contribution is -0.138. The molecule has 0 aliphatic heterocycles. The first kappa shape index (κ1) is 13.1. The molecule has 1 N–H and O–H groups in total. The summed E-state index contributed by atoms with van der Waals surface area (Å²) in [6.07, 6.45) is 3.16. The molecule has 18 heavy (non-hydrogen) atoms. The van der Waals surface area contributed by atoms with Crippen LogP contribution in [-0.4, -0.2) is 38.3 Å². The number of nitrogens with zero attached hydrogens (tertiary/aromatic N) is 3. The smallest absolute Gasteiger partial charge is 0.317 e. The Labute approximate surface area is 107 Å². The van der Waals surface area contributed by atoms with Gasteiger partial charge in [-0.25, -0.2) is 0 Å². The van der Waals surface area contributed by atoms with Gasteiger partial charge >= 0.3 is 5.97 Å². The van der Waals surface area contributed by atoms with Gasteiger partial charge in [0.2, 0.25) is 0 Å². The van der Waals surface area contributed by atoms with Crippen LogP contribution in [0.25, 0.3) is 0 Å². The molecular weight excluding hydrogens is 230 g/mol. The molecule has 0 aromatic carbocycles. The predicted octanol–water partition coefficient (Wildman–Crippen LogP) is 1.51. The Bertz CT molecular complexity index is 424. The van der Waals surface area contributed by atoms with Gasteiger partial charge in [-0.1, -0.05) is 6.92 Å². The summed E-state index contributed by atoms with van der Waals surface area (Å²) in [5, 5.41) is 13.5. The van der Waals surface area contributed by atoms with Crippen molar-refractivity contribution < 1.29 is 9.90 Å². The van der Waals surface area contributed by atoms with Crippen molar-refractivity contribution in [3.63, 3.8) is 0 Å². The van der Waals surface area contributed by atoms with E-state index in [0.717, 1.165) is 37.2 Å². The standard InChI is InChI=1S/C13H21N3O2/c1-3-10-7-12(16(4-2)14-10)8-15(9-13(17)18)11-5-6-11/h7,11H,3-6,8-9H2,1-2H3,(H,17,18). The largest absolute Gasteiger partial charge is 0.480 e. The minimum Gasteiger partial charge on any atom is -0.480 e. The Kier molecular flexibility index (Phi) is 4.01. The normalized spacial score (nSPS) is 15.3. The molecule has 0 bridgehead atoms. The van der Waals surface area contributed by atoms with Crippen LogP contribution in [0.1, 0.15) is 38.1 Å². The van der Waals surface area contributed by atoms with Gasteiger partial charge in [-0.2, -0.15) is 5.10 Å². The van der Waals surface area contributed by atoms with Gasteiger partial charge < -0.3 is 5.11 Å². The van der Waals surface area contributed by atoms with E-state index in [0.29, 0.717) is 12.6 Å². The molecule has 1 saturated carbocycles. The highest BCUT2D eigenvalue weighted by Gasteiger charge is 2.30. The third-order valence-corrected chi connectivity index (χ3v) is 3.34. The van der Waals surface area contributed by atoms with Gasteiger partial charge in [0.05, 0.1) is 17.9 Å². The van der Waals surface area contributed by atoms with Crippen LogP contribution in [0.15, 0.2) is 6.07 Å². The first-order chi connectivity index (χ1) is 8.63. The molecule has 0 amide bonds. The number of aromatic nitrogens is 2. The molecule has 1 aromatic heterocycles. The van der Waals surface area contributed by atoms with E-state index in [4.69, 9.17) is 5.11 Å². The van der Waals surface area contributed by atoms with E-state index in [1.807, 2.05) is 9.58 Å². The van der Waals surface area contributed by atoms with E-state index >= 15 is 0 Å². The van der Waals surface area contributed by atoms with E-state index < -0.39 is 5.97 Å². The van der Waals surface area contributed by atoms with Crippen molar-refractivity contribution in [2.75, 3.05) is 6.54 Å². The topological polar surface area (TPSA) is 58.4 Å². The lowest BCUT2D eigenvalue weighted by Crippen LogP contribution is -2.32. The van der Waals surface area contributed by atoms with Gasteiger partial charge in [-0.15, -0.1) is 0 Å². The Morgan fingerprint density at radius 1 is 1.56 bits per heavy atom. The van der Waals surface area contributed by atoms with Crippen molar-refractivity contribution in [3.8, 4) is 0 Å². The molecule has 1 fully saturated rings. The van der Waals surface area contributed by atoms with Gasteiger partial charge in [0, 0.05) is 19.1 Å². The van der Waals surface area contributed by atoms with Gasteiger partial charge in [-0.3, -0.25) is 14.4 Å². The van der Waals surface area contributed by atoms with Crippen molar-refractivity contribution in [3.05, 3.63) is 17.5 Å². The van der Waals surface area contributed by atoms with Crippen LogP contribution in [0.4, 0.5) is 0 Å². The van der Waals surface area contributed by atoms with Gasteiger partial charge in [-0.05, 0) is 32.3 Å².